The number of carbonyl (C=O) groups excluding carboxylic acids is 1. The second-order valence-corrected chi connectivity index (χ2v) is 5.94. The van der Waals surface area contributed by atoms with Gasteiger partial charge in [-0.1, -0.05) is 17.7 Å². The Bertz CT molecular complexity index is 874. The first-order valence-electron chi connectivity index (χ1n) is 7.71. The third kappa shape index (κ3) is 3.52. The summed E-state index contributed by atoms with van der Waals surface area (Å²) in [5.74, 6) is -0.700. The number of fused-ring (bicyclic) bond motifs is 1. The lowest BCUT2D eigenvalue weighted by Gasteiger charge is -2.28. The van der Waals surface area contributed by atoms with Gasteiger partial charge in [-0.2, -0.15) is 13.2 Å². The number of H-pyrrole nitrogens is 1. The largest absolute Gasteiger partial charge is 0.431 e. The number of aromatic amines is 1. The van der Waals surface area contributed by atoms with E-state index in [0.717, 1.165) is 22.9 Å². The van der Waals surface area contributed by atoms with Crippen LogP contribution in [0.25, 0.3) is 0 Å². The Morgan fingerprint density at radius 3 is 2.68 bits per heavy atom. The van der Waals surface area contributed by atoms with Gasteiger partial charge in [0.15, 0.2) is 0 Å². The summed E-state index contributed by atoms with van der Waals surface area (Å²) in [4.78, 5) is 25.9. The number of nitrogens with one attached hydrogen (secondary N) is 3. The van der Waals surface area contributed by atoms with Gasteiger partial charge in [0.2, 0.25) is 0 Å². The van der Waals surface area contributed by atoms with E-state index < -0.39 is 23.3 Å². The molecule has 0 bridgehead atoms. The minimum atomic E-state index is -4.67. The summed E-state index contributed by atoms with van der Waals surface area (Å²) < 4.78 is 37.8. The van der Waals surface area contributed by atoms with Crippen molar-refractivity contribution >= 4 is 11.6 Å². The van der Waals surface area contributed by atoms with Crippen molar-refractivity contribution in [2.75, 3.05) is 11.9 Å². The number of aryl methyl sites for hydroxylation is 1. The van der Waals surface area contributed by atoms with Crippen LogP contribution in [0.4, 0.5) is 18.9 Å². The zero-order valence-corrected chi connectivity index (χ0v) is 13.3. The minimum absolute atomic E-state index is 0.314. The molecular weight excluding hydrogens is 335 g/mol. The average Bonchev–Trinajstić information content (AvgIpc) is 2.54. The molecule has 0 spiro atoms. The number of rotatable bonds is 2. The molecule has 0 unspecified atom stereocenters. The van der Waals surface area contributed by atoms with Crippen LogP contribution in [-0.2, 0) is 6.18 Å². The van der Waals surface area contributed by atoms with Gasteiger partial charge >= 0.3 is 6.18 Å². The first-order chi connectivity index (χ1) is 11.8. The summed E-state index contributed by atoms with van der Waals surface area (Å²) in [6.45, 7) is 2.57. The Morgan fingerprint density at radius 1 is 1.24 bits per heavy atom. The molecule has 2 heterocycles. The predicted molar refractivity (Wildman–Crippen MR) is 86.6 cm³/mol. The van der Waals surface area contributed by atoms with Gasteiger partial charge < -0.3 is 15.6 Å². The van der Waals surface area contributed by atoms with Crippen molar-refractivity contribution in [2.45, 2.75) is 25.6 Å². The first-order valence-corrected chi connectivity index (χ1v) is 7.71. The molecule has 5 nitrogen and oxygen atoms in total. The molecule has 1 aliphatic rings. The van der Waals surface area contributed by atoms with E-state index >= 15 is 0 Å². The highest BCUT2D eigenvalue weighted by molar-refractivity contribution is 5.94. The Morgan fingerprint density at radius 2 is 2.00 bits per heavy atom. The van der Waals surface area contributed by atoms with Crippen LogP contribution in [0.1, 0.15) is 39.6 Å². The van der Waals surface area contributed by atoms with E-state index in [0.29, 0.717) is 19.0 Å². The highest BCUT2D eigenvalue weighted by Gasteiger charge is 2.32. The molecule has 8 heteroatoms. The quantitative estimate of drug-likeness (QED) is 0.779. The van der Waals surface area contributed by atoms with Gasteiger partial charge in [0, 0.05) is 12.2 Å². The molecule has 0 aliphatic carbocycles. The standard InChI is InChI=1S/C17H16F3N3O2/c1-9-2-4-12-11(8-9)13(6-7-21-12)22-15(24)10-3-5-14(17(18,19)20)23-16(10)25/h2-5,8,13,21H,6-7H2,1H3,(H,22,24)(H,23,25)/t13-/m1/s1. The summed E-state index contributed by atoms with van der Waals surface area (Å²) >= 11 is 0. The fourth-order valence-electron chi connectivity index (χ4n) is 2.84. The number of amides is 1. The molecule has 1 amide bonds. The second-order valence-electron chi connectivity index (χ2n) is 5.94. The monoisotopic (exact) mass is 351 g/mol. The molecule has 0 saturated heterocycles. The van der Waals surface area contributed by atoms with Gasteiger partial charge in [0.1, 0.15) is 11.3 Å². The summed E-state index contributed by atoms with van der Waals surface area (Å²) in [6.07, 6.45) is -4.06. The van der Waals surface area contributed by atoms with Gasteiger partial charge in [-0.25, -0.2) is 0 Å². The number of hydrogen-bond acceptors (Lipinski definition) is 3. The molecule has 0 radical (unpaired) electrons. The van der Waals surface area contributed by atoms with E-state index in [1.807, 2.05) is 25.1 Å². The Labute approximate surface area is 141 Å². The maximum atomic E-state index is 12.6. The fourth-order valence-corrected chi connectivity index (χ4v) is 2.84. The maximum Gasteiger partial charge on any atom is 0.431 e. The third-order valence-corrected chi connectivity index (χ3v) is 4.10. The molecular formula is C17H16F3N3O2. The Kier molecular flexibility index (Phi) is 4.28. The van der Waals surface area contributed by atoms with Gasteiger partial charge in [0.05, 0.1) is 6.04 Å². The van der Waals surface area contributed by atoms with Crippen LogP contribution in [0.3, 0.4) is 0 Å². The van der Waals surface area contributed by atoms with Gasteiger partial charge in [-0.15, -0.1) is 0 Å². The van der Waals surface area contributed by atoms with E-state index in [4.69, 9.17) is 0 Å². The smallest absolute Gasteiger partial charge is 0.385 e. The molecule has 0 fully saturated rings. The summed E-state index contributed by atoms with van der Waals surface area (Å²) in [5.41, 5.74) is 0.212. The summed E-state index contributed by atoms with van der Waals surface area (Å²) in [6, 6.07) is 7.06. The average molecular weight is 351 g/mol. The van der Waals surface area contributed by atoms with Crippen LogP contribution in [0, 0.1) is 6.92 Å². The highest BCUT2D eigenvalue weighted by Crippen LogP contribution is 2.31. The van der Waals surface area contributed by atoms with Crippen molar-refractivity contribution in [1.29, 1.82) is 0 Å². The lowest BCUT2D eigenvalue weighted by molar-refractivity contribution is -0.141. The second kappa shape index (κ2) is 6.27. The number of carbonyl (C=O) groups is 1. The van der Waals surface area contributed by atoms with Crippen LogP contribution in [0.15, 0.2) is 35.1 Å². The Hall–Kier alpha value is -2.77. The normalized spacial score (nSPS) is 16.7. The van der Waals surface area contributed by atoms with Crippen LogP contribution < -0.4 is 16.2 Å². The molecule has 2 aromatic rings. The van der Waals surface area contributed by atoms with Crippen LogP contribution in [0.2, 0.25) is 0 Å². The molecule has 25 heavy (non-hydrogen) atoms. The van der Waals surface area contributed by atoms with Crippen molar-refractivity contribution in [3.63, 3.8) is 0 Å². The van der Waals surface area contributed by atoms with Gasteiger partial charge in [0.25, 0.3) is 11.5 Å². The van der Waals surface area contributed by atoms with Crippen molar-refractivity contribution in [3.05, 3.63) is 63.1 Å². The SMILES string of the molecule is Cc1ccc2c(c1)[C@H](NC(=O)c1ccc(C(F)(F)F)[nH]c1=O)CCN2. The number of anilines is 1. The number of alkyl halides is 3. The molecule has 3 N–H and O–H groups in total. The number of halogens is 3. The maximum absolute atomic E-state index is 12.6. The van der Waals surface area contributed by atoms with Gasteiger partial charge in [-0.3, -0.25) is 9.59 Å². The molecule has 1 atom stereocenters. The Balaban J connectivity index is 1.85. The van der Waals surface area contributed by atoms with Crippen molar-refractivity contribution in [3.8, 4) is 0 Å². The highest BCUT2D eigenvalue weighted by atomic mass is 19.4. The zero-order valence-electron chi connectivity index (χ0n) is 13.3. The van der Waals surface area contributed by atoms with Crippen molar-refractivity contribution in [2.24, 2.45) is 0 Å². The van der Waals surface area contributed by atoms with E-state index in [9.17, 15) is 22.8 Å². The molecule has 0 saturated carbocycles. The lowest BCUT2D eigenvalue weighted by atomic mass is 9.96. The lowest BCUT2D eigenvalue weighted by Crippen LogP contribution is -2.36. The molecule has 1 aromatic carbocycles. The molecule has 1 aliphatic heterocycles. The predicted octanol–water partition coefficient (Wildman–Crippen LogP) is 2.99. The number of benzene rings is 1. The van der Waals surface area contributed by atoms with E-state index in [2.05, 4.69) is 10.6 Å². The van der Waals surface area contributed by atoms with E-state index in [-0.39, 0.29) is 11.6 Å². The molecule has 132 valence electrons. The van der Waals surface area contributed by atoms with E-state index in [1.165, 1.54) is 0 Å². The van der Waals surface area contributed by atoms with Crippen LogP contribution >= 0.6 is 0 Å². The van der Waals surface area contributed by atoms with Crippen molar-refractivity contribution < 1.29 is 18.0 Å². The number of aromatic nitrogens is 1. The van der Waals surface area contributed by atoms with Gasteiger partial charge in [-0.05, 0) is 37.1 Å². The number of hydrogen-bond donors (Lipinski definition) is 3. The van der Waals surface area contributed by atoms with E-state index in [1.54, 1.807) is 4.98 Å². The molecule has 3 rings (SSSR count). The number of pyridine rings is 1. The summed E-state index contributed by atoms with van der Waals surface area (Å²) in [7, 11) is 0. The van der Waals surface area contributed by atoms with Crippen LogP contribution in [-0.4, -0.2) is 17.4 Å². The zero-order chi connectivity index (χ0) is 18.2. The molecule has 1 aromatic heterocycles. The third-order valence-electron chi connectivity index (χ3n) is 4.10. The fraction of sp³-hybridized carbons (Fsp3) is 0.294. The van der Waals surface area contributed by atoms with Crippen LogP contribution in [0.5, 0.6) is 0 Å². The topological polar surface area (TPSA) is 74.0 Å². The first kappa shape index (κ1) is 17.1. The van der Waals surface area contributed by atoms with Crippen molar-refractivity contribution in [1.82, 2.24) is 10.3 Å². The minimum Gasteiger partial charge on any atom is -0.385 e. The summed E-state index contributed by atoms with van der Waals surface area (Å²) in [5, 5.41) is 5.96.